The fourth-order valence-corrected chi connectivity index (χ4v) is 5.43. The Hall–Kier alpha value is -3.58. The lowest BCUT2D eigenvalue weighted by Gasteiger charge is -2.23. The van der Waals surface area contributed by atoms with Gasteiger partial charge in [-0.25, -0.2) is 12.8 Å². The summed E-state index contributed by atoms with van der Waals surface area (Å²) < 4.78 is 45.1. The highest BCUT2D eigenvalue weighted by Crippen LogP contribution is 2.20. The zero-order valence-corrected chi connectivity index (χ0v) is 21.9. The summed E-state index contributed by atoms with van der Waals surface area (Å²) in [6.07, 6.45) is 2.11. The molecule has 0 saturated carbocycles. The number of Topliss-reactive ketones (excluding diaryl/α,β-unsaturated/α-hetero) is 1. The Balaban J connectivity index is 1.60. The van der Waals surface area contributed by atoms with Crippen molar-refractivity contribution in [3.05, 3.63) is 54.2 Å². The van der Waals surface area contributed by atoms with Crippen LogP contribution in [0.1, 0.15) is 43.7 Å². The number of hydrogen-bond donors (Lipinski definition) is 3. The third-order valence-electron chi connectivity index (χ3n) is 5.90. The summed E-state index contributed by atoms with van der Waals surface area (Å²) in [7, 11) is -4.03. The van der Waals surface area contributed by atoms with Crippen molar-refractivity contribution in [2.45, 2.75) is 50.1 Å². The zero-order chi connectivity index (χ0) is 27.9. The minimum atomic E-state index is -4.03. The van der Waals surface area contributed by atoms with Gasteiger partial charge in [-0.1, -0.05) is 13.8 Å². The predicted molar refractivity (Wildman–Crippen MR) is 134 cm³/mol. The monoisotopic (exact) mass is 550 g/mol. The van der Waals surface area contributed by atoms with Crippen LogP contribution in [-0.2, 0) is 24.4 Å². The topological polar surface area (TPSA) is 155 Å². The van der Waals surface area contributed by atoms with Gasteiger partial charge in [-0.15, -0.1) is 0 Å². The minimum absolute atomic E-state index is 0.0185. The first-order valence-electron chi connectivity index (χ1n) is 12.2. The molecule has 1 aliphatic heterocycles. The van der Waals surface area contributed by atoms with E-state index in [9.17, 15) is 32.0 Å². The minimum Gasteiger partial charge on any atom is -0.459 e. The molecule has 1 fully saturated rings. The Labute approximate surface area is 220 Å². The van der Waals surface area contributed by atoms with E-state index in [0.29, 0.717) is 6.42 Å². The molecule has 1 aromatic heterocycles. The van der Waals surface area contributed by atoms with Crippen LogP contribution in [0, 0.1) is 11.7 Å². The Morgan fingerprint density at radius 3 is 2.50 bits per heavy atom. The van der Waals surface area contributed by atoms with Crippen LogP contribution >= 0.6 is 0 Å². The Morgan fingerprint density at radius 1 is 1.16 bits per heavy atom. The van der Waals surface area contributed by atoms with Gasteiger partial charge in [0.05, 0.1) is 30.3 Å². The summed E-state index contributed by atoms with van der Waals surface area (Å²) in [5, 5.41) is 7.63. The van der Waals surface area contributed by atoms with Crippen molar-refractivity contribution < 1.29 is 36.4 Å². The smallest absolute Gasteiger partial charge is 0.287 e. The average Bonchev–Trinajstić information content (AvgIpc) is 3.34. The van der Waals surface area contributed by atoms with E-state index in [1.807, 2.05) is 13.8 Å². The van der Waals surface area contributed by atoms with Crippen LogP contribution in [-0.4, -0.2) is 67.9 Å². The second-order valence-corrected chi connectivity index (χ2v) is 11.3. The zero-order valence-electron chi connectivity index (χ0n) is 21.1. The van der Waals surface area contributed by atoms with Gasteiger partial charge >= 0.3 is 0 Å². The molecule has 1 aliphatic rings. The Bertz CT molecular complexity index is 1250. The van der Waals surface area contributed by atoms with Crippen molar-refractivity contribution in [3.63, 3.8) is 0 Å². The molecule has 1 saturated heterocycles. The van der Waals surface area contributed by atoms with Gasteiger partial charge in [0.25, 0.3) is 5.91 Å². The molecule has 206 valence electrons. The molecule has 0 bridgehead atoms. The lowest BCUT2D eigenvalue weighted by molar-refractivity contribution is -0.131. The number of hydrogen-bond acceptors (Lipinski definition) is 7. The molecule has 3 rings (SSSR count). The van der Waals surface area contributed by atoms with E-state index in [1.54, 1.807) is 0 Å². The lowest BCUT2D eigenvalue weighted by atomic mass is 10.0. The van der Waals surface area contributed by atoms with E-state index in [1.165, 1.54) is 18.4 Å². The summed E-state index contributed by atoms with van der Waals surface area (Å²) in [4.78, 5) is 50.3. The molecule has 2 heterocycles. The van der Waals surface area contributed by atoms with Crippen molar-refractivity contribution in [1.82, 2.24) is 20.3 Å². The second-order valence-electron chi connectivity index (χ2n) is 9.37. The first kappa shape index (κ1) is 29.0. The summed E-state index contributed by atoms with van der Waals surface area (Å²) in [5.74, 6) is -2.80. The van der Waals surface area contributed by atoms with Gasteiger partial charge < -0.3 is 20.4 Å². The molecule has 3 N–H and O–H groups in total. The largest absolute Gasteiger partial charge is 0.459 e. The number of nitrogens with zero attached hydrogens (tertiary/aromatic N) is 1. The maximum atomic E-state index is 13.2. The number of benzene rings is 1. The fraction of sp³-hybridized carbons (Fsp3) is 0.440. The molecule has 0 radical (unpaired) electrons. The summed E-state index contributed by atoms with van der Waals surface area (Å²) in [5.41, 5.74) is 0. The van der Waals surface area contributed by atoms with Crippen molar-refractivity contribution in [1.29, 1.82) is 0 Å². The third-order valence-corrected chi connectivity index (χ3v) is 7.76. The van der Waals surface area contributed by atoms with E-state index in [2.05, 4.69) is 16.0 Å². The van der Waals surface area contributed by atoms with E-state index in [4.69, 9.17) is 4.42 Å². The molecule has 13 heteroatoms. The van der Waals surface area contributed by atoms with Gasteiger partial charge in [-0.3, -0.25) is 19.2 Å². The molecular weight excluding hydrogens is 519 g/mol. The third kappa shape index (κ3) is 7.71. The first-order valence-corrected chi connectivity index (χ1v) is 13.6. The highest BCUT2D eigenvalue weighted by molar-refractivity contribution is 7.89. The molecule has 3 amide bonds. The van der Waals surface area contributed by atoms with Gasteiger partial charge in [-0.05, 0) is 61.6 Å². The van der Waals surface area contributed by atoms with E-state index in [-0.39, 0.29) is 42.5 Å². The van der Waals surface area contributed by atoms with E-state index in [0.717, 1.165) is 28.6 Å². The number of carbonyl (C=O) groups excluding carboxylic acids is 4. The van der Waals surface area contributed by atoms with Crippen LogP contribution in [0.5, 0.6) is 0 Å². The lowest BCUT2D eigenvalue weighted by Crippen LogP contribution is -2.54. The van der Waals surface area contributed by atoms with Crippen LogP contribution in [0.4, 0.5) is 4.39 Å². The van der Waals surface area contributed by atoms with Gasteiger partial charge in [0, 0.05) is 6.54 Å². The molecule has 1 unspecified atom stereocenters. The Morgan fingerprint density at radius 2 is 1.87 bits per heavy atom. The summed E-state index contributed by atoms with van der Waals surface area (Å²) >= 11 is 0. The maximum Gasteiger partial charge on any atom is 0.287 e. The van der Waals surface area contributed by atoms with Crippen LogP contribution in [0.2, 0.25) is 0 Å². The number of carbonyl (C=O) groups is 4. The quantitative estimate of drug-likeness (QED) is 0.402. The molecule has 2 atom stereocenters. The van der Waals surface area contributed by atoms with E-state index < -0.39 is 58.0 Å². The molecule has 2 aromatic rings. The van der Waals surface area contributed by atoms with Gasteiger partial charge in [0.2, 0.25) is 21.8 Å². The molecular formula is C25H31FN4O7S. The van der Waals surface area contributed by atoms with Crippen molar-refractivity contribution in [3.8, 4) is 0 Å². The highest BCUT2D eigenvalue weighted by Gasteiger charge is 2.34. The number of amides is 3. The maximum absolute atomic E-state index is 13.2. The van der Waals surface area contributed by atoms with E-state index >= 15 is 0 Å². The number of sulfonamides is 1. The van der Waals surface area contributed by atoms with Crippen molar-refractivity contribution in [2.75, 3.05) is 19.6 Å². The average molecular weight is 551 g/mol. The van der Waals surface area contributed by atoms with Gasteiger partial charge in [0.15, 0.2) is 11.5 Å². The van der Waals surface area contributed by atoms with Crippen molar-refractivity contribution >= 4 is 33.5 Å². The van der Waals surface area contributed by atoms with Gasteiger partial charge in [0.1, 0.15) is 11.9 Å². The Kier molecular flexibility index (Phi) is 9.75. The molecule has 11 nitrogen and oxygen atoms in total. The van der Waals surface area contributed by atoms with Gasteiger partial charge in [-0.2, -0.15) is 4.31 Å². The van der Waals surface area contributed by atoms with Crippen LogP contribution in [0.3, 0.4) is 0 Å². The van der Waals surface area contributed by atoms with Crippen LogP contribution in [0.25, 0.3) is 0 Å². The number of furan rings is 1. The number of rotatable bonds is 10. The summed E-state index contributed by atoms with van der Waals surface area (Å²) in [6, 6.07) is 5.38. The molecule has 0 aliphatic carbocycles. The molecule has 0 spiro atoms. The van der Waals surface area contributed by atoms with Crippen molar-refractivity contribution in [2.24, 2.45) is 5.92 Å². The number of nitrogens with one attached hydrogen (secondary N) is 3. The summed E-state index contributed by atoms with van der Waals surface area (Å²) in [6.45, 7) is 2.93. The first-order chi connectivity index (χ1) is 18.0. The molecule has 38 heavy (non-hydrogen) atoms. The fourth-order valence-electron chi connectivity index (χ4n) is 3.99. The standard InChI is InChI=1S/C25H31FN4O7S/c1-16(2)13-20(28-23(32)14-27-25(34)22-6-4-12-37-22)24(33)29-19-5-3-11-30(15-21(19)31)38(35,36)18-9-7-17(26)8-10-18/h4,6-10,12,16,19-20H,3,5,11,13-15H2,1-2H3,(H,27,34)(H,28,32)(H,29,33)/t19?,20-/m0/s1. The predicted octanol–water partition coefficient (Wildman–Crippen LogP) is 1.22. The highest BCUT2D eigenvalue weighted by atomic mass is 32.2. The SMILES string of the molecule is CC(C)C[C@H](NC(=O)CNC(=O)c1ccco1)C(=O)NC1CCCN(S(=O)(=O)c2ccc(F)cc2)CC1=O. The normalized spacial score (nSPS) is 17.5. The number of ketones is 1. The van der Waals surface area contributed by atoms with Crippen LogP contribution in [0.15, 0.2) is 52.0 Å². The molecule has 1 aromatic carbocycles. The number of halogens is 1. The van der Waals surface area contributed by atoms with Crippen LogP contribution < -0.4 is 16.0 Å². The second kappa shape index (κ2) is 12.8.